The first-order valence-electron chi connectivity index (χ1n) is 8.35. The Hall–Kier alpha value is -2.44. The maximum atomic E-state index is 6.15. The van der Waals surface area contributed by atoms with E-state index in [9.17, 15) is 0 Å². The van der Waals surface area contributed by atoms with Gasteiger partial charge in [-0.15, -0.1) is 0 Å². The third-order valence-corrected chi connectivity index (χ3v) is 4.33. The van der Waals surface area contributed by atoms with Crippen LogP contribution >= 0.6 is 0 Å². The summed E-state index contributed by atoms with van der Waals surface area (Å²) in [6, 6.07) is 10.3. The second-order valence-electron chi connectivity index (χ2n) is 6.18. The number of methoxy groups -OCH3 is 1. The number of benzene rings is 1. The second kappa shape index (κ2) is 7.63. The van der Waals surface area contributed by atoms with Gasteiger partial charge in [0, 0.05) is 25.8 Å². The summed E-state index contributed by atoms with van der Waals surface area (Å²) >= 11 is 0. The number of aryl methyl sites for hydroxylation is 2. The summed E-state index contributed by atoms with van der Waals surface area (Å²) in [5, 5.41) is 0.813. The summed E-state index contributed by atoms with van der Waals surface area (Å²) in [7, 11) is 1.70. The maximum Gasteiger partial charge on any atom is 0.231 e. The smallest absolute Gasteiger partial charge is 0.231 e. The average molecular weight is 340 g/mol. The number of rotatable bonds is 7. The van der Waals surface area contributed by atoms with Gasteiger partial charge in [-0.05, 0) is 19.4 Å². The van der Waals surface area contributed by atoms with Crippen molar-refractivity contribution in [3.05, 3.63) is 53.0 Å². The zero-order chi connectivity index (χ0) is 17.8. The molecule has 2 N–H and O–H groups in total. The molecule has 0 amide bonds. The number of anilines is 1. The summed E-state index contributed by atoms with van der Waals surface area (Å²) in [5.41, 5.74) is 8.94. The van der Waals surface area contributed by atoms with Crippen LogP contribution in [0.3, 0.4) is 0 Å². The normalized spacial score (nSPS) is 11.5. The Morgan fingerprint density at radius 1 is 1.12 bits per heavy atom. The van der Waals surface area contributed by atoms with E-state index in [0.29, 0.717) is 30.5 Å². The molecule has 6 heteroatoms. The van der Waals surface area contributed by atoms with E-state index in [2.05, 4.69) is 27.0 Å². The largest absolute Gasteiger partial charge is 0.443 e. The first-order chi connectivity index (χ1) is 12.1. The van der Waals surface area contributed by atoms with Gasteiger partial charge in [-0.1, -0.05) is 30.3 Å². The minimum Gasteiger partial charge on any atom is -0.443 e. The van der Waals surface area contributed by atoms with E-state index in [1.54, 1.807) is 7.11 Å². The molecule has 0 fully saturated rings. The highest BCUT2D eigenvalue weighted by Crippen LogP contribution is 2.27. The van der Waals surface area contributed by atoms with Gasteiger partial charge in [0.15, 0.2) is 0 Å². The SMILES string of the molecule is COCCN(Cc1ccccc1)Cc1nc(N)c2c(C)c(C)oc2n1. The monoisotopic (exact) mass is 340 g/mol. The number of aromatic nitrogens is 2. The van der Waals surface area contributed by atoms with E-state index in [0.717, 1.165) is 29.8 Å². The summed E-state index contributed by atoms with van der Waals surface area (Å²) in [6.07, 6.45) is 0. The highest BCUT2D eigenvalue weighted by atomic mass is 16.5. The first kappa shape index (κ1) is 17.4. The van der Waals surface area contributed by atoms with Gasteiger partial charge in [0.25, 0.3) is 0 Å². The Morgan fingerprint density at radius 2 is 1.88 bits per heavy atom. The molecule has 2 heterocycles. The lowest BCUT2D eigenvalue weighted by Crippen LogP contribution is -2.27. The molecule has 25 heavy (non-hydrogen) atoms. The third kappa shape index (κ3) is 3.97. The Labute approximate surface area is 147 Å². The predicted octanol–water partition coefficient (Wildman–Crippen LogP) is 3.07. The van der Waals surface area contributed by atoms with Crippen molar-refractivity contribution in [1.82, 2.24) is 14.9 Å². The summed E-state index contributed by atoms with van der Waals surface area (Å²) in [4.78, 5) is 11.3. The van der Waals surface area contributed by atoms with E-state index in [1.165, 1.54) is 5.56 Å². The van der Waals surface area contributed by atoms with Crippen molar-refractivity contribution in [2.75, 3.05) is 26.0 Å². The number of nitrogens with two attached hydrogens (primary N) is 1. The van der Waals surface area contributed by atoms with Crippen molar-refractivity contribution in [3.8, 4) is 0 Å². The number of ether oxygens (including phenoxy) is 1. The predicted molar refractivity (Wildman–Crippen MR) is 98.1 cm³/mol. The van der Waals surface area contributed by atoms with Crippen molar-refractivity contribution >= 4 is 16.9 Å². The number of nitrogen functional groups attached to an aromatic ring is 1. The molecule has 1 aromatic carbocycles. The van der Waals surface area contributed by atoms with Crippen molar-refractivity contribution < 1.29 is 9.15 Å². The van der Waals surface area contributed by atoms with Gasteiger partial charge in [-0.2, -0.15) is 4.98 Å². The molecule has 0 saturated heterocycles. The fourth-order valence-electron chi connectivity index (χ4n) is 2.87. The number of fused-ring (bicyclic) bond motifs is 1. The van der Waals surface area contributed by atoms with Gasteiger partial charge in [0.2, 0.25) is 5.71 Å². The zero-order valence-corrected chi connectivity index (χ0v) is 15.0. The quantitative estimate of drug-likeness (QED) is 0.712. The van der Waals surface area contributed by atoms with Crippen LogP contribution in [0.25, 0.3) is 11.1 Å². The van der Waals surface area contributed by atoms with Crippen LogP contribution in [0.5, 0.6) is 0 Å². The van der Waals surface area contributed by atoms with E-state index in [4.69, 9.17) is 14.9 Å². The molecule has 0 aliphatic rings. The second-order valence-corrected chi connectivity index (χ2v) is 6.18. The van der Waals surface area contributed by atoms with Crippen molar-refractivity contribution in [2.45, 2.75) is 26.9 Å². The molecule has 3 aromatic rings. The Morgan fingerprint density at radius 3 is 2.60 bits per heavy atom. The molecule has 2 aromatic heterocycles. The van der Waals surface area contributed by atoms with Crippen molar-refractivity contribution in [3.63, 3.8) is 0 Å². The first-order valence-corrected chi connectivity index (χ1v) is 8.35. The van der Waals surface area contributed by atoms with Crippen LogP contribution < -0.4 is 5.73 Å². The zero-order valence-electron chi connectivity index (χ0n) is 15.0. The molecule has 3 rings (SSSR count). The highest BCUT2D eigenvalue weighted by molar-refractivity contribution is 5.88. The van der Waals surface area contributed by atoms with Crippen molar-refractivity contribution in [1.29, 1.82) is 0 Å². The molecule has 0 unspecified atom stereocenters. The molecular weight excluding hydrogens is 316 g/mol. The molecule has 0 bridgehead atoms. The van der Waals surface area contributed by atoms with Gasteiger partial charge >= 0.3 is 0 Å². The molecular formula is C19H24N4O2. The van der Waals surface area contributed by atoms with Gasteiger partial charge < -0.3 is 14.9 Å². The molecule has 0 radical (unpaired) electrons. The lowest BCUT2D eigenvalue weighted by molar-refractivity contribution is 0.138. The van der Waals surface area contributed by atoms with Crippen LogP contribution in [-0.4, -0.2) is 35.1 Å². The number of nitrogens with zero attached hydrogens (tertiary/aromatic N) is 3. The van der Waals surface area contributed by atoms with E-state index in [-0.39, 0.29) is 0 Å². The standard InChI is InChI=1S/C19H24N4O2/c1-13-14(2)25-19-17(13)18(20)21-16(22-19)12-23(9-10-24-3)11-15-7-5-4-6-8-15/h4-8H,9-12H2,1-3H3,(H2,20,21,22). The van der Waals surface area contributed by atoms with Crippen LogP contribution in [0, 0.1) is 13.8 Å². The highest BCUT2D eigenvalue weighted by Gasteiger charge is 2.16. The number of hydrogen-bond acceptors (Lipinski definition) is 6. The van der Waals surface area contributed by atoms with Crippen LogP contribution in [0.1, 0.15) is 22.7 Å². The van der Waals surface area contributed by atoms with Gasteiger partial charge in [-0.25, -0.2) is 4.98 Å². The molecule has 0 aliphatic carbocycles. The minimum absolute atomic E-state index is 0.473. The summed E-state index contributed by atoms with van der Waals surface area (Å²) < 4.78 is 11.0. The van der Waals surface area contributed by atoms with Crippen LogP contribution in [0.2, 0.25) is 0 Å². The maximum absolute atomic E-state index is 6.15. The summed E-state index contributed by atoms with van der Waals surface area (Å²) in [6.45, 7) is 6.68. The molecule has 0 saturated carbocycles. The molecule has 6 nitrogen and oxygen atoms in total. The average Bonchev–Trinajstić information content (AvgIpc) is 2.88. The fourth-order valence-corrected chi connectivity index (χ4v) is 2.87. The van der Waals surface area contributed by atoms with Gasteiger partial charge in [0.05, 0.1) is 18.5 Å². The van der Waals surface area contributed by atoms with Gasteiger partial charge in [-0.3, -0.25) is 4.90 Å². The number of furan rings is 1. The third-order valence-electron chi connectivity index (χ3n) is 4.33. The Balaban J connectivity index is 1.84. The van der Waals surface area contributed by atoms with Crippen LogP contribution in [0.4, 0.5) is 5.82 Å². The summed E-state index contributed by atoms with van der Waals surface area (Å²) in [5.74, 6) is 1.96. The van der Waals surface area contributed by atoms with E-state index >= 15 is 0 Å². The van der Waals surface area contributed by atoms with Crippen LogP contribution in [-0.2, 0) is 17.8 Å². The number of hydrogen-bond donors (Lipinski definition) is 1. The molecule has 0 spiro atoms. The fraction of sp³-hybridized carbons (Fsp3) is 0.368. The topological polar surface area (TPSA) is 77.4 Å². The lowest BCUT2D eigenvalue weighted by Gasteiger charge is -2.21. The Kier molecular flexibility index (Phi) is 5.31. The molecule has 0 aliphatic heterocycles. The minimum atomic E-state index is 0.473. The molecule has 0 atom stereocenters. The Bertz CT molecular complexity index is 846. The van der Waals surface area contributed by atoms with E-state index < -0.39 is 0 Å². The molecule has 132 valence electrons. The van der Waals surface area contributed by atoms with Crippen molar-refractivity contribution in [2.24, 2.45) is 0 Å². The lowest BCUT2D eigenvalue weighted by atomic mass is 10.2. The van der Waals surface area contributed by atoms with Gasteiger partial charge in [0.1, 0.15) is 17.4 Å². The van der Waals surface area contributed by atoms with E-state index in [1.807, 2.05) is 32.0 Å². The van der Waals surface area contributed by atoms with Crippen LogP contribution in [0.15, 0.2) is 34.7 Å².